The Balaban J connectivity index is 1.91. The van der Waals surface area contributed by atoms with Crippen molar-refractivity contribution in [3.8, 4) is 0 Å². The minimum absolute atomic E-state index is 0.161. The van der Waals surface area contributed by atoms with Crippen molar-refractivity contribution in [2.24, 2.45) is 5.92 Å². The van der Waals surface area contributed by atoms with E-state index < -0.39 is 11.9 Å². The lowest BCUT2D eigenvalue weighted by Gasteiger charge is -2.21. The fraction of sp³-hybridized carbons (Fsp3) is 0.400. The molecule has 0 aliphatic rings. The molecule has 0 bridgehead atoms. The highest BCUT2D eigenvalue weighted by Gasteiger charge is 2.17. The average Bonchev–Trinajstić information content (AvgIpc) is 3.13. The van der Waals surface area contributed by atoms with Crippen LogP contribution in [0.3, 0.4) is 0 Å². The van der Waals surface area contributed by atoms with Gasteiger partial charge in [0.25, 0.3) is 0 Å². The zero-order valence-electron chi connectivity index (χ0n) is 16.0. The summed E-state index contributed by atoms with van der Waals surface area (Å²) in [6, 6.07) is 11.5. The third kappa shape index (κ3) is 6.45. The van der Waals surface area contributed by atoms with E-state index >= 15 is 0 Å². The molecule has 7 nitrogen and oxygen atoms in total. The van der Waals surface area contributed by atoms with Crippen LogP contribution in [0.5, 0.6) is 0 Å². The number of rotatable bonds is 9. The predicted molar refractivity (Wildman–Crippen MR) is 102 cm³/mol. The molecule has 0 spiro atoms. The van der Waals surface area contributed by atoms with E-state index in [1.54, 1.807) is 20.2 Å². The molecule has 0 radical (unpaired) electrons. The molecule has 0 aliphatic heterocycles. The number of carboxylic acid groups (broad SMARTS) is 1. The molecule has 0 saturated carbocycles. The van der Waals surface area contributed by atoms with E-state index in [1.807, 2.05) is 43.4 Å². The van der Waals surface area contributed by atoms with Crippen molar-refractivity contribution in [2.75, 3.05) is 20.6 Å². The van der Waals surface area contributed by atoms with Gasteiger partial charge in [0.1, 0.15) is 5.76 Å². The standard InChI is InChI=1S/C20H27N3O4/c1-15(19(24)25)12-23(3)20(26)21-11-16-7-4-5-8-17(16)13-22(2)14-18-9-6-10-27-18/h4-10,15H,11-14H2,1-3H3,(H,21,26)(H,24,25). The zero-order chi connectivity index (χ0) is 19.8. The zero-order valence-corrected chi connectivity index (χ0v) is 16.0. The molecule has 2 rings (SSSR count). The Hall–Kier alpha value is -2.80. The van der Waals surface area contributed by atoms with Gasteiger partial charge in [-0.1, -0.05) is 31.2 Å². The Morgan fingerprint density at radius 1 is 1.11 bits per heavy atom. The fourth-order valence-corrected chi connectivity index (χ4v) is 2.78. The van der Waals surface area contributed by atoms with Crippen LogP contribution in [-0.2, 0) is 24.4 Å². The van der Waals surface area contributed by atoms with Gasteiger partial charge >= 0.3 is 12.0 Å². The van der Waals surface area contributed by atoms with Crippen LogP contribution < -0.4 is 5.32 Å². The minimum Gasteiger partial charge on any atom is -0.481 e. The maximum atomic E-state index is 12.2. The summed E-state index contributed by atoms with van der Waals surface area (Å²) in [6.45, 7) is 3.54. The van der Waals surface area contributed by atoms with Gasteiger partial charge in [0.15, 0.2) is 0 Å². The number of amides is 2. The van der Waals surface area contributed by atoms with Gasteiger partial charge in [-0.05, 0) is 30.3 Å². The lowest BCUT2D eigenvalue weighted by Crippen LogP contribution is -2.40. The largest absolute Gasteiger partial charge is 0.481 e. The van der Waals surface area contributed by atoms with Crippen LogP contribution in [0.15, 0.2) is 47.1 Å². The summed E-state index contributed by atoms with van der Waals surface area (Å²) in [6.07, 6.45) is 1.66. The molecule has 146 valence electrons. The van der Waals surface area contributed by atoms with Gasteiger partial charge in [0.2, 0.25) is 0 Å². The first-order valence-electron chi connectivity index (χ1n) is 8.86. The molecular weight excluding hydrogens is 346 g/mol. The highest BCUT2D eigenvalue weighted by Crippen LogP contribution is 2.13. The van der Waals surface area contributed by atoms with Crippen molar-refractivity contribution in [2.45, 2.75) is 26.6 Å². The maximum Gasteiger partial charge on any atom is 0.317 e. The van der Waals surface area contributed by atoms with Crippen LogP contribution in [-0.4, -0.2) is 47.5 Å². The maximum absolute atomic E-state index is 12.2. The Morgan fingerprint density at radius 3 is 2.44 bits per heavy atom. The van der Waals surface area contributed by atoms with Gasteiger partial charge in [-0.3, -0.25) is 9.69 Å². The van der Waals surface area contributed by atoms with Crippen LogP contribution in [0.4, 0.5) is 4.79 Å². The molecule has 2 amide bonds. The highest BCUT2D eigenvalue weighted by atomic mass is 16.4. The molecule has 2 N–H and O–H groups in total. The Labute approximate surface area is 159 Å². The average molecular weight is 373 g/mol. The molecule has 1 heterocycles. The molecule has 2 aromatic rings. The number of nitrogens with zero attached hydrogens (tertiary/aromatic N) is 2. The van der Waals surface area contributed by atoms with Crippen LogP contribution >= 0.6 is 0 Å². The summed E-state index contributed by atoms with van der Waals surface area (Å²) in [5, 5.41) is 11.8. The molecule has 1 unspecified atom stereocenters. The molecule has 0 aliphatic carbocycles. The summed E-state index contributed by atoms with van der Waals surface area (Å²) in [7, 11) is 3.61. The Bertz CT molecular complexity index is 745. The second kappa shape index (κ2) is 9.78. The van der Waals surface area contributed by atoms with E-state index in [0.717, 1.165) is 23.4 Å². The Kier molecular flexibility index (Phi) is 7.43. The highest BCUT2D eigenvalue weighted by molar-refractivity contribution is 5.75. The molecule has 1 aromatic heterocycles. The monoisotopic (exact) mass is 373 g/mol. The van der Waals surface area contributed by atoms with Gasteiger partial charge in [0.05, 0.1) is 18.7 Å². The number of carboxylic acids is 1. The molecular formula is C20H27N3O4. The van der Waals surface area contributed by atoms with E-state index in [-0.39, 0.29) is 12.6 Å². The lowest BCUT2D eigenvalue weighted by molar-refractivity contribution is -0.141. The third-order valence-corrected chi connectivity index (χ3v) is 4.31. The quantitative estimate of drug-likeness (QED) is 0.706. The molecule has 1 atom stereocenters. The number of hydrogen-bond donors (Lipinski definition) is 2. The molecule has 27 heavy (non-hydrogen) atoms. The van der Waals surface area contributed by atoms with E-state index in [4.69, 9.17) is 9.52 Å². The predicted octanol–water partition coefficient (Wildman–Crippen LogP) is 2.77. The number of urea groups is 1. The number of aliphatic carboxylic acids is 1. The van der Waals surface area contributed by atoms with Crippen molar-refractivity contribution >= 4 is 12.0 Å². The molecule has 0 saturated heterocycles. The first-order valence-corrected chi connectivity index (χ1v) is 8.86. The van der Waals surface area contributed by atoms with Gasteiger partial charge in [-0.25, -0.2) is 4.79 Å². The summed E-state index contributed by atoms with van der Waals surface area (Å²) in [4.78, 5) is 26.7. The van der Waals surface area contributed by atoms with Crippen molar-refractivity contribution in [3.05, 3.63) is 59.5 Å². The first-order chi connectivity index (χ1) is 12.9. The van der Waals surface area contributed by atoms with Crippen LogP contribution in [0, 0.1) is 5.92 Å². The van der Waals surface area contributed by atoms with Crippen molar-refractivity contribution < 1.29 is 19.1 Å². The van der Waals surface area contributed by atoms with Crippen LogP contribution in [0.1, 0.15) is 23.8 Å². The third-order valence-electron chi connectivity index (χ3n) is 4.31. The number of hydrogen-bond acceptors (Lipinski definition) is 4. The topological polar surface area (TPSA) is 86.0 Å². The lowest BCUT2D eigenvalue weighted by atomic mass is 10.1. The normalized spacial score (nSPS) is 12.0. The number of benzene rings is 1. The first kappa shape index (κ1) is 20.5. The summed E-state index contributed by atoms with van der Waals surface area (Å²) < 4.78 is 5.38. The van der Waals surface area contributed by atoms with Gasteiger partial charge in [-0.2, -0.15) is 0 Å². The molecule has 0 fully saturated rings. The van der Waals surface area contributed by atoms with E-state index in [9.17, 15) is 9.59 Å². The van der Waals surface area contributed by atoms with E-state index in [0.29, 0.717) is 13.1 Å². The van der Waals surface area contributed by atoms with E-state index in [1.165, 1.54) is 4.90 Å². The minimum atomic E-state index is -0.917. The Morgan fingerprint density at radius 2 is 1.81 bits per heavy atom. The van der Waals surface area contributed by atoms with Crippen molar-refractivity contribution in [1.82, 2.24) is 15.1 Å². The summed E-state index contributed by atoms with van der Waals surface area (Å²) >= 11 is 0. The van der Waals surface area contributed by atoms with Crippen LogP contribution in [0.2, 0.25) is 0 Å². The second-order valence-electron chi connectivity index (χ2n) is 6.80. The van der Waals surface area contributed by atoms with Gasteiger partial charge in [0, 0.05) is 26.7 Å². The van der Waals surface area contributed by atoms with Gasteiger partial charge in [-0.15, -0.1) is 0 Å². The van der Waals surface area contributed by atoms with Crippen LogP contribution in [0.25, 0.3) is 0 Å². The number of carbonyl (C=O) groups excluding carboxylic acids is 1. The van der Waals surface area contributed by atoms with Gasteiger partial charge < -0.3 is 19.7 Å². The number of carbonyl (C=O) groups is 2. The number of furan rings is 1. The number of nitrogens with one attached hydrogen (secondary N) is 1. The molecule has 1 aromatic carbocycles. The SMILES string of the molecule is CC(CN(C)C(=O)NCc1ccccc1CN(C)Cc1ccco1)C(=O)O. The summed E-state index contributed by atoms with van der Waals surface area (Å²) in [5.74, 6) is -0.625. The fourth-order valence-electron chi connectivity index (χ4n) is 2.78. The van der Waals surface area contributed by atoms with Crippen molar-refractivity contribution in [1.29, 1.82) is 0 Å². The summed E-state index contributed by atoms with van der Waals surface area (Å²) in [5.41, 5.74) is 2.14. The smallest absolute Gasteiger partial charge is 0.317 e. The van der Waals surface area contributed by atoms with E-state index in [2.05, 4.69) is 10.2 Å². The molecule has 7 heteroatoms. The van der Waals surface area contributed by atoms with Crippen molar-refractivity contribution in [3.63, 3.8) is 0 Å². The second-order valence-corrected chi connectivity index (χ2v) is 6.80.